The summed E-state index contributed by atoms with van der Waals surface area (Å²) in [6, 6.07) is 9.41. The maximum Gasteiger partial charge on any atom is 0.261 e. The Hall–Kier alpha value is -2.77. The number of aromatic nitrogens is 3. The Morgan fingerprint density at radius 1 is 1.28 bits per heavy atom. The van der Waals surface area contributed by atoms with E-state index in [1.165, 1.54) is 4.57 Å². The fraction of sp³-hybridized carbons (Fsp3) is 0.333. The summed E-state index contributed by atoms with van der Waals surface area (Å²) in [4.78, 5) is 36.1. The smallest absolute Gasteiger partial charge is 0.261 e. The van der Waals surface area contributed by atoms with Crippen molar-refractivity contribution in [1.29, 1.82) is 0 Å². The van der Waals surface area contributed by atoms with E-state index >= 15 is 0 Å². The number of nitrogens with one attached hydrogen (secondary N) is 1. The van der Waals surface area contributed by atoms with Crippen LogP contribution in [-0.4, -0.2) is 45.0 Å². The van der Waals surface area contributed by atoms with E-state index in [1.54, 1.807) is 24.8 Å². The summed E-state index contributed by atoms with van der Waals surface area (Å²) in [5.74, 6) is 0.0339. The summed E-state index contributed by atoms with van der Waals surface area (Å²) in [6.07, 6.45) is 5.34. The van der Waals surface area contributed by atoms with Gasteiger partial charge in [-0.25, -0.2) is 4.98 Å². The van der Waals surface area contributed by atoms with Gasteiger partial charge in [-0.1, -0.05) is 18.2 Å². The zero-order chi connectivity index (χ0) is 19.5. The number of fused-ring (bicyclic) bond motifs is 1. The van der Waals surface area contributed by atoms with Crippen molar-refractivity contribution in [2.75, 3.05) is 19.6 Å². The van der Waals surface area contributed by atoms with Gasteiger partial charge in [0.15, 0.2) is 0 Å². The Kier molecular flexibility index (Phi) is 6.61. The Balaban J connectivity index is 0.00000240. The highest BCUT2D eigenvalue weighted by Gasteiger charge is 2.27. The first kappa shape index (κ1) is 21.0. The predicted molar refractivity (Wildman–Crippen MR) is 114 cm³/mol. The standard InChI is InChI=1S/C21H23N5O2.ClH/c1-15-4-2-6-17-20(15)24-14-25(21(17)28)10-7-19(27)26-11-9-23-13-18(26)16-5-3-8-22-12-16;/h2-6,8,12,14,18,23H,7,9-11,13H2,1H3;1H. The van der Waals surface area contributed by atoms with Gasteiger partial charge < -0.3 is 10.2 Å². The van der Waals surface area contributed by atoms with Crippen LogP contribution >= 0.6 is 12.4 Å². The van der Waals surface area contributed by atoms with Gasteiger partial charge >= 0.3 is 0 Å². The van der Waals surface area contributed by atoms with Gasteiger partial charge in [0.25, 0.3) is 5.56 Å². The summed E-state index contributed by atoms with van der Waals surface area (Å²) in [5, 5.41) is 3.93. The zero-order valence-electron chi connectivity index (χ0n) is 16.2. The summed E-state index contributed by atoms with van der Waals surface area (Å²) >= 11 is 0. The van der Waals surface area contributed by atoms with E-state index in [9.17, 15) is 9.59 Å². The molecule has 1 amide bonds. The second-order valence-corrected chi connectivity index (χ2v) is 7.06. The van der Waals surface area contributed by atoms with Gasteiger partial charge in [-0.15, -0.1) is 12.4 Å². The van der Waals surface area contributed by atoms with Crippen molar-refractivity contribution in [1.82, 2.24) is 24.8 Å². The number of rotatable bonds is 4. The van der Waals surface area contributed by atoms with Crippen LogP contribution in [0.5, 0.6) is 0 Å². The summed E-state index contributed by atoms with van der Waals surface area (Å²) < 4.78 is 1.53. The van der Waals surface area contributed by atoms with Crippen LogP contribution in [0, 0.1) is 6.92 Å². The number of carbonyl (C=O) groups excluding carboxylic acids is 1. The minimum atomic E-state index is -0.106. The van der Waals surface area contributed by atoms with Crippen molar-refractivity contribution in [3.05, 3.63) is 70.5 Å². The minimum absolute atomic E-state index is 0. The maximum atomic E-state index is 12.9. The van der Waals surface area contributed by atoms with E-state index in [-0.39, 0.29) is 36.3 Å². The minimum Gasteiger partial charge on any atom is -0.333 e. The maximum absolute atomic E-state index is 12.9. The SMILES string of the molecule is Cc1cccc2c(=O)n(CCC(=O)N3CCNCC3c3cccnc3)cnc12.Cl. The first-order valence-corrected chi connectivity index (χ1v) is 9.50. The summed E-state index contributed by atoms with van der Waals surface area (Å²) in [7, 11) is 0. The number of piperazine rings is 1. The molecular formula is C21H24ClN5O2. The Morgan fingerprint density at radius 2 is 2.14 bits per heavy atom. The number of carbonyl (C=O) groups is 1. The zero-order valence-corrected chi connectivity index (χ0v) is 17.1. The normalized spacial score (nSPS) is 16.4. The lowest BCUT2D eigenvalue weighted by molar-refractivity contribution is -0.134. The predicted octanol–water partition coefficient (Wildman–Crippen LogP) is 2.08. The number of amides is 1. The third kappa shape index (κ3) is 4.31. The molecule has 1 aliphatic rings. The number of para-hydroxylation sites is 1. The molecule has 1 N–H and O–H groups in total. The van der Waals surface area contributed by atoms with Gasteiger partial charge in [0.1, 0.15) is 0 Å². The van der Waals surface area contributed by atoms with Gasteiger partial charge in [-0.2, -0.15) is 0 Å². The molecule has 3 aromatic rings. The van der Waals surface area contributed by atoms with Crippen LogP contribution < -0.4 is 10.9 Å². The molecule has 29 heavy (non-hydrogen) atoms. The molecule has 2 aromatic heterocycles. The molecule has 152 valence electrons. The van der Waals surface area contributed by atoms with Gasteiger partial charge in [0.05, 0.1) is 23.3 Å². The largest absolute Gasteiger partial charge is 0.333 e. The fourth-order valence-electron chi connectivity index (χ4n) is 3.73. The summed E-state index contributed by atoms with van der Waals surface area (Å²) in [6.45, 7) is 4.36. The summed E-state index contributed by atoms with van der Waals surface area (Å²) in [5.41, 5.74) is 2.60. The second-order valence-electron chi connectivity index (χ2n) is 7.06. The molecule has 1 aliphatic heterocycles. The average Bonchev–Trinajstić information content (AvgIpc) is 2.74. The Bertz CT molecular complexity index is 1050. The van der Waals surface area contributed by atoms with Crippen LogP contribution in [0.15, 0.2) is 53.8 Å². The number of halogens is 1. The molecule has 7 nitrogen and oxygen atoms in total. The number of nitrogens with zero attached hydrogens (tertiary/aromatic N) is 4. The molecule has 1 aromatic carbocycles. The van der Waals surface area contributed by atoms with Gasteiger partial charge in [0.2, 0.25) is 5.91 Å². The lowest BCUT2D eigenvalue weighted by atomic mass is 10.0. The Morgan fingerprint density at radius 3 is 2.93 bits per heavy atom. The van der Waals surface area contributed by atoms with Crippen LogP contribution in [-0.2, 0) is 11.3 Å². The van der Waals surface area contributed by atoms with Crippen LogP contribution in [0.3, 0.4) is 0 Å². The van der Waals surface area contributed by atoms with E-state index in [2.05, 4.69) is 15.3 Å². The van der Waals surface area contributed by atoms with Gasteiger partial charge in [0, 0.05) is 45.0 Å². The number of benzene rings is 1. The molecule has 1 atom stereocenters. The van der Waals surface area contributed by atoms with Gasteiger partial charge in [-0.3, -0.25) is 19.1 Å². The van der Waals surface area contributed by atoms with E-state index in [0.29, 0.717) is 30.5 Å². The molecule has 0 spiro atoms. The molecule has 0 aliphatic carbocycles. The van der Waals surface area contributed by atoms with E-state index in [4.69, 9.17) is 0 Å². The molecule has 0 bridgehead atoms. The highest BCUT2D eigenvalue weighted by Crippen LogP contribution is 2.22. The van der Waals surface area contributed by atoms with Crippen LogP contribution in [0.1, 0.15) is 23.6 Å². The third-order valence-corrected chi connectivity index (χ3v) is 5.25. The van der Waals surface area contributed by atoms with Crippen LogP contribution in [0.25, 0.3) is 10.9 Å². The molecule has 8 heteroatoms. The van der Waals surface area contributed by atoms with Crippen molar-refractivity contribution in [2.45, 2.75) is 25.9 Å². The topological polar surface area (TPSA) is 80.1 Å². The quantitative estimate of drug-likeness (QED) is 0.708. The molecule has 1 unspecified atom stereocenters. The van der Waals surface area contributed by atoms with Crippen LogP contribution in [0.2, 0.25) is 0 Å². The molecule has 4 rings (SSSR count). The van der Waals surface area contributed by atoms with Crippen molar-refractivity contribution in [2.24, 2.45) is 0 Å². The van der Waals surface area contributed by atoms with Crippen LogP contribution in [0.4, 0.5) is 0 Å². The lowest BCUT2D eigenvalue weighted by Crippen LogP contribution is -2.49. The van der Waals surface area contributed by atoms with Crippen molar-refractivity contribution >= 4 is 29.2 Å². The molecule has 3 heterocycles. The van der Waals surface area contributed by atoms with Crippen molar-refractivity contribution in [3.8, 4) is 0 Å². The second kappa shape index (κ2) is 9.15. The number of pyridine rings is 1. The van der Waals surface area contributed by atoms with Crippen molar-refractivity contribution in [3.63, 3.8) is 0 Å². The molecule has 1 fully saturated rings. The van der Waals surface area contributed by atoms with Gasteiger partial charge in [-0.05, 0) is 30.2 Å². The first-order chi connectivity index (χ1) is 13.6. The molecule has 0 saturated carbocycles. The highest BCUT2D eigenvalue weighted by atomic mass is 35.5. The Labute approximate surface area is 175 Å². The average molecular weight is 414 g/mol. The third-order valence-electron chi connectivity index (χ3n) is 5.25. The molecule has 0 radical (unpaired) electrons. The number of aryl methyl sites for hydroxylation is 2. The lowest BCUT2D eigenvalue weighted by Gasteiger charge is -2.36. The fourth-order valence-corrected chi connectivity index (χ4v) is 3.73. The van der Waals surface area contributed by atoms with E-state index < -0.39 is 0 Å². The monoisotopic (exact) mass is 413 g/mol. The first-order valence-electron chi connectivity index (χ1n) is 9.50. The highest BCUT2D eigenvalue weighted by molar-refractivity contribution is 5.85. The van der Waals surface area contributed by atoms with E-state index in [0.717, 1.165) is 17.7 Å². The van der Waals surface area contributed by atoms with Crippen molar-refractivity contribution < 1.29 is 4.79 Å². The molecule has 1 saturated heterocycles. The number of hydrogen-bond acceptors (Lipinski definition) is 5. The molecular weight excluding hydrogens is 390 g/mol. The van der Waals surface area contributed by atoms with E-state index in [1.807, 2.05) is 36.1 Å². The number of hydrogen-bond donors (Lipinski definition) is 1.